The van der Waals surface area contributed by atoms with E-state index >= 15 is 0 Å². The molecule has 27 heavy (non-hydrogen) atoms. The summed E-state index contributed by atoms with van der Waals surface area (Å²) in [7, 11) is 0. The number of benzene rings is 1. The third-order valence-electron chi connectivity index (χ3n) is 5.78. The topological polar surface area (TPSA) is 75.2 Å². The van der Waals surface area contributed by atoms with Crippen LogP contribution in [0.3, 0.4) is 0 Å². The quantitative estimate of drug-likeness (QED) is 0.907. The van der Waals surface area contributed by atoms with Crippen LogP contribution in [-0.2, 0) is 11.2 Å². The zero-order valence-electron chi connectivity index (χ0n) is 15.5. The van der Waals surface area contributed by atoms with Gasteiger partial charge in [-0.25, -0.2) is 9.97 Å². The molecule has 6 heteroatoms. The Morgan fingerprint density at radius 3 is 2.48 bits per heavy atom. The van der Waals surface area contributed by atoms with Crippen LogP contribution in [0.5, 0.6) is 0 Å². The molecule has 2 amide bonds. The van der Waals surface area contributed by atoms with Gasteiger partial charge in [0.05, 0.1) is 11.5 Å². The molecule has 0 bridgehead atoms. The molecule has 2 fully saturated rings. The van der Waals surface area contributed by atoms with Crippen molar-refractivity contribution in [3.8, 4) is 0 Å². The van der Waals surface area contributed by atoms with E-state index in [1.54, 1.807) is 12.4 Å². The number of hydrogen-bond acceptors (Lipinski definition) is 4. The molecule has 1 aromatic heterocycles. The van der Waals surface area contributed by atoms with E-state index < -0.39 is 0 Å². The first-order valence-electron chi connectivity index (χ1n) is 9.57. The molecule has 2 aliphatic rings. The van der Waals surface area contributed by atoms with Crippen LogP contribution in [0.15, 0.2) is 42.7 Å². The van der Waals surface area contributed by atoms with Crippen molar-refractivity contribution in [1.82, 2.24) is 20.2 Å². The van der Waals surface area contributed by atoms with Crippen LogP contribution in [0.25, 0.3) is 0 Å². The van der Waals surface area contributed by atoms with E-state index in [9.17, 15) is 9.59 Å². The van der Waals surface area contributed by atoms with E-state index in [-0.39, 0.29) is 23.3 Å². The molecule has 1 spiro atoms. The Morgan fingerprint density at radius 2 is 1.85 bits per heavy atom. The summed E-state index contributed by atoms with van der Waals surface area (Å²) >= 11 is 0. The maximum absolute atomic E-state index is 12.7. The highest BCUT2D eigenvalue weighted by atomic mass is 16.2. The summed E-state index contributed by atoms with van der Waals surface area (Å²) in [6.45, 7) is 3.26. The van der Waals surface area contributed by atoms with Crippen LogP contribution in [0, 0.1) is 0 Å². The maximum Gasteiger partial charge on any atom is 0.256 e. The Kier molecular flexibility index (Phi) is 4.64. The molecule has 2 saturated heterocycles. The third-order valence-corrected chi connectivity index (χ3v) is 5.78. The van der Waals surface area contributed by atoms with Gasteiger partial charge in [-0.05, 0) is 24.8 Å². The van der Waals surface area contributed by atoms with Crippen LogP contribution in [0.4, 0.5) is 0 Å². The molecule has 140 valence electrons. The summed E-state index contributed by atoms with van der Waals surface area (Å²) in [6, 6.07) is 9.94. The lowest BCUT2D eigenvalue weighted by Crippen LogP contribution is -2.52. The van der Waals surface area contributed by atoms with Gasteiger partial charge in [0.15, 0.2) is 0 Å². The molecule has 0 saturated carbocycles. The molecule has 1 N–H and O–H groups in total. The van der Waals surface area contributed by atoms with Gasteiger partial charge in [-0.2, -0.15) is 0 Å². The number of likely N-dealkylation sites (tertiary alicyclic amines) is 1. The van der Waals surface area contributed by atoms with Gasteiger partial charge in [0.1, 0.15) is 5.82 Å². The molecule has 6 nitrogen and oxygen atoms in total. The first-order chi connectivity index (χ1) is 13.1. The second-order valence-electron chi connectivity index (χ2n) is 7.47. The van der Waals surface area contributed by atoms with E-state index in [2.05, 4.69) is 15.3 Å². The number of piperidine rings is 1. The van der Waals surface area contributed by atoms with Crippen LogP contribution in [0.1, 0.15) is 53.8 Å². The highest BCUT2D eigenvalue weighted by molar-refractivity contribution is 5.93. The number of nitrogens with zero attached hydrogens (tertiary/aromatic N) is 3. The van der Waals surface area contributed by atoms with Crippen LogP contribution < -0.4 is 5.32 Å². The lowest BCUT2D eigenvalue weighted by Gasteiger charge is -2.39. The van der Waals surface area contributed by atoms with Gasteiger partial charge >= 0.3 is 0 Å². The second kappa shape index (κ2) is 7.10. The van der Waals surface area contributed by atoms with Gasteiger partial charge in [0.2, 0.25) is 5.91 Å². The van der Waals surface area contributed by atoms with Gasteiger partial charge in [-0.15, -0.1) is 0 Å². The molecular formula is C21H24N4O2. The maximum atomic E-state index is 12.7. The van der Waals surface area contributed by atoms with Crippen molar-refractivity contribution in [2.75, 3.05) is 13.1 Å². The summed E-state index contributed by atoms with van der Waals surface area (Å²) in [4.78, 5) is 35.5. The minimum absolute atomic E-state index is 0.0311. The lowest BCUT2D eigenvalue weighted by molar-refractivity contribution is -0.121. The molecule has 2 aliphatic heterocycles. The van der Waals surface area contributed by atoms with Crippen molar-refractivity contribution in [1.29, 1.82) is 0 Å². The fourth-order valence-electron chi connectivity index (χ4n) is 4.13. The number of rotatable bonds is 3. The molecule has 3 heterocycles. The van der Waals surface area contributed by atoms with E-state index in [4.69, 9.17) is 0 Å². The monoisotopic (exact) mass is 364 g/mol. The Labute approximate surface area is 159 Å². The van der Waals surface area contributed by atoms with E-state index in [1.165, 1.54) is 0 Å². The van der Waals surface area contributed by atoms with Gasteiger partial charge in [0, 0.05) is 37.4 Å². The molecule has 4 rings (SSSR count). The van der Waals surface area contributed by atoms with Gasteiger partial charge in [-0.3, -0.25) is 9.59 Å². The Hall–Kier alpha value is -2.76. The van der Waals surface area contributed by atoms with Crippen molar-refractivity contribution in [2.24, 2.45) is 0 Å². The molecule has 2 aromatic rings. The fourth-order valence-corrected chi connectivity index (χ4v) is 4.13. The minimum Gasteiger partial charge on any atom is -0.350 e. The largest absolute Gasteiger partial charge is 0.350 e. The average Bonchev–Trinajstić information content (AvgIpc) is 3.04. The first-order valence-corrected chi connectivity index (χ1v) is 9.57. The highest BCUT2D eigenvalue weighted by Gasteiger charge is 2.46. The summed E-state index contributed by atoms with van der Waals surface area (Å²) in [6.07, 6.45) is 6.33. The second-order valence-corrected chi connectivity index (χ2v) is 7.47. The summed E-state index contributed by atoms with van der Waals surface area (Å²) in [5, 5.41) is 3.23. The van der Waals surface area contributed by atoms with E-state index in [0.29, 0.717) is 18.7 Å². The van der Waals surface area contributed by atoms with E-state index in [0.717, 1.165) is 37.1 Å². The number of carbonyl (C=O) groups excluding carboxylic acids is 2. The molecule has 0 radical (unpaired) electrons. The van der Waals surface area contributed by atoms with Crippen molar-refractivity contribution in [2.45, 2.75) is 44.1 Å². The number of nitrogens with one attached hydrogen (secondary N) is 1. The van der Waals surface area contributed by atoms with Crippen molar-refractivity contribution in [3.05, 3.63) is 59.7 Å². The Bertz CT molecular complexity index is 827. The number of carbonyl (C=O) groups is 2. The zero-order valence-corrected chi connectivity index (χ0v) is 15.5. The molecule has 1 atom stereocenters. The van der Waals surface area contributed by atoms with Crippen LogP contribution in [0.2, 0.25) is 0 Å². The Morgan fingerprint density at radius 1 is 1.19 bits per heavy atom. The van der Waals surface area contributed by atoms with Gasteiger partial charge in [0.25, 0.3) is 5.91 Å². The third kappa shape index (κ3) is 3.44. The van der Waals surface area contributed by atoms with Gasteiger partial charge < -0.3 is 10.2 Å². The fraction of sp³-hybridized carbons (Fsp3) is 0.429. The molecule has 0 aliphatic carbocycles. The number of amides is 2. The summed E-state index contributed by atoms with van der Waals surface area (Å²) in [5.74, 6) is 0.717. The standard InChI is InChI=1S/C21H24N4O2/c1-2-18-22-13-16(14-23-18)20(27)25-10-8-21(9-11-25)12-17(19(26)24-21)15-6-4-3-5-7-15/h3-7,13-14,17H,2,8-12H2,1H3,(H,24,26)/t17-/m1/s1. The predicted molar refractivity (Wildman–Crippen MR) is 101 cm³/mol. The van der Waals surface area contributed by atoms with Crippen LogP contribution in [-0.4, -0.2) is 45.3 Å². The highest BCUT2D eigenvalue weighted by Crippen LogP contribution is 2.39. The van der Waals surface area contributed by atoms with E-state index in [1.807, 2.05) is 42.2 Å². The molecule has 0 unspecified atom stereocenters. The first kappa shape index (κ1) is 17.6. The average molecular weight is 364 g/mol. The van der Waals surface area contributed by atoms with Gasteiger partial charge in [-0.1, -0.05) is 37.3 Å². The van der Waals surface area contributed by atoms with Crippen LogP contribution >= 0.6 is 0 Å². The number of aromatic nitrogens is 2. The summed E-state index contributed by atoms with van der Waals surface area (Å²) < 4.78 is 0. The van der Waals surface area contributed by atoms with Crippen molar-refractivity contribution >= 4 is 11.8 Å². The smallest absolute Gasteiger partial charge is 0.256 e. The SMILES string of the molecule is CCc1ncc(C(=O)N2CCC3(CC2)C[C@H](c2ccccc2)C(=O)N3)cn1. The number of hydrogen-bond donors (Lipinski definition) is 1. The van der Waals surface area contributed by atoms with Crippen molar-refractivity contribution < 1.29 is 9.59 Å². The number of aryl methyl sites for hydroxylation is 1. The lowest BCUT2D eigenvalue weighted by atomic mass is 9.82. The van der Waals surface area contributed by atoms with Crippen molar-refractivity contribution in [3.63, 3.8) is 0 Å². The minimum atomic E-state index is -0.197. The normalized spacial score (nSPS) is 21.3. The Balaban J connectivity index is 1.41. The molecular weight excluding hydrogens is 340 g/mol. The molecule has 1 aromatic carbocycles. The summed E-state index contributed by atoms with van der Waals surface area (Å²) in [5.41, 5.74) is 1.40. The zero-order chi connectivity index (χ0) is 18.9. The predicted octanol–water partition coefficient (Wildman–Crippen LogP) is 2.32.